The summed E-state index contributed by atoms with van der Waals surface area (Å²) in [7, 11) is 1.91. The van der Waals surface area contributed by atoms with E-state index in [9.17, 15) is 0 Å². The van der Waals surface area contributed by atoms with Crippen LogP contribution in [0.15, 0.2) is 18.6 Å². The molecule has 0 saturated carbocycles. The van der Waals surface area contributed by atoms with Crippen molar-refractivity contribution in [3.63, 3.8) is 0 Å². The predicted octanol–water partition coefficient (Wildman–Crippen LogP) is 2.25. The fourth-order valence-electron chi connectivity index (χ4n) is 2.85. The molecule has 1 aliphatic carbocycles. The summed E-state index contributed by atoms with van der Waals surface area (Å²) in [4.78, 5) is 9.33. The van der Waals surface area contributed by atoms with Gasteiger partial charge in [-0.2, -0.15) is 5.10 Å². The lowest BCUT2D eigenvalue weighted by Crippen LogP contribution is -2.21. The molecule has 0 radical (unpaired) electrons. The third-order valence-corrected chi connectivity index (χ3v) is 3.85. The molecule has 0 aromatic carbocycles. The molecule has 0 aliphatic heterocycles. The van der Waals surface area contributed by atoms with E-state index in [1.54, 1.807) is 4.68 Å². The summed E-state index contributed by atoms with van der Waals surface area (Å²) in [6.07, 6.45) is 10.5. The van der Waals surface area contributed by atoms with Crippen LogP contribution in [0.2, 0.25) is 0 Å². The molecule has 0 bridgehead atoms. The Balaban J connectivity index is 1.97. The number of rotatable bonds is 3. The van der Waals surface area contributed by atoms with Crippen molar-refractivity contribution in [2.45, 2.75) is 38.6 Å². The van der Waals surface area contributed by atoms with Gasteiger partial charge in [-0.1, -0.05) is 13.3 Å². The second-order valence-electron chi connectivity index (χ2n) is 5.35. The van der Waals surface area contributed by atoms with E-state index in [4.69, 9.17) is 4.98 Å². The molecule has 2 aromatic heterocycles. The number of aryl methyl sites for hydroxylation is 2. The molecule has 1 unspecified atom stereocenters. The van der Waals surface area contributed by atoms with Gasteiger partial charge in [-0.05, 0) is 25.8 Å². The standard InChI is InChI=1S/C15H21N5/c1-3-16-13-6-4-5-7-14-12(13)9-17-15(19-14)11-8-18-20(2)10-11/h8-10,13,16H,3-7H2,1-2H3. The summed E-state index contributed by atoms with van der Waals surface area (Å²) in [6.45, 7) is 3.13. The molecule has 5 heteroatoms. The fraction of sp³-hybridized carbons (Fsp3) is 0.533. The van der Waals surface area contributed by atoms with E-state index in [-0.39, 0.29) is 0 Å². The number of fused-ring (bicyclic) bond motifs is 1. The second-order valence-corrected chi connectivity index (χ2v) is 5.35. The van der Waals surface area contributed by atoms with E-state index in [1.807, 2.05) is 25.6 Å². The molecule has 5 nitrogen and oxygen atoms in total. The molecular weight excluding hydrogens is 250 g/mol. The van der Waals surface area contributed by atoms with Crippen LogP contribution in [0.1, 0.15) is 43.5 Å². The van der Waals surface area contributed by atoms with Crippen LogP contribution in [-0.2, 0) is 13.5 Å². The third-order valence-electron chi connectivity index (χ3n) is 3.85. The number of nitrogens with one attached hydrogen (secondary N) is 1. The van der Waals surface area contributed by atoms with Crippen LogP contribution < -0.4 is 5.32 Å². The Morgan fingerprint density at radius 2 is 2.25 bits per heavy atom. The van der Waals surface area contributed by atoms with E-state index in [0.29, 0.717) is 6.04 Å². The minimum Gasteiger partial charge on any atom is -0.310 e. The summed E-state index contributed by atoms with van der Waals surface area (Å²) in [5.41, 5.74) is 3.46. The topological polar surface area (TPSA) is 55.6 Å². The minimum absolute atomic E-state index is 0.403. The van der Waals surface area contributed by atoms with Gasteiger partial charge in [0.2, 0.25) is 0 Å². The minimum atomic E-state index is 0.403. The Bertz CT molecular complexity index is 590. The van der Waals surface area contributed by atoms with E-state index in [0.717, 1.165) is 24.4 Å². The number of hydrogen-bond donors (Lipinski definition) is 1. The first-order chi connectivity index (χ1) is 9.78. The van der Waals surface area contributed by atoms with Gasteiger partial charge in [-0.25, -0.2) is 9.97 Å². The first-order valence-electron chi connectivity index (χ1n) is 7.36. The molecular formula is C15H21N5. The van der Waals surface area contributed by atoms with Crippen LogP contribution in [0.25, 0.3) is 11.4 Å². The highest BCUT2D eigenvalue weighted by Crippen LogP contribution is 2.28. The fourth-order valence-corrected chi connectivity index (χ4v) is 2.85. The maximum atomic E-state index is 4.78. The van der Waals surface area contributed by atoms with Crippen molar-refractivity contribution in [1.29, 1.82) is 0 Å². The van der Waals surface area contributed by atoms with Crippen molar-refractivity contribution < 1.29 is 0 Å². The molecule has 1 atom stereocenters. The Hall–Kier alpha value is -1.75. The van der Waals surface area contributed by atoms with E-state index >= 15 is 0 Å². The molecule has 0 spiro atoms. The largest absolute Gasteiger partial charge is 0.310 e. The predicted molar refractivity (Wildman–Crippen MR) is 78.2 cm³/mol. The van der Waals surface area contributed by atoms with Crippen molar-refractivity contribution in [1.82, 2.24) is 25.1 Å². The highest BCUT2D eigenvalue weighted by atomic mass is 15.2. The number of hydrogen-bond acceptors (Lipinski definition) is 4. The van der Waals surface area contributed by atoms with Crippen LogP contribution in [0.3, 0.4) is 0 Å². The molecule has 1 aliphatic rings. The average Bonchev–Trinajstić information content (AvgIpc) is 2.79. The van der Waals surface area contributed by atoms with Crippen molar-refractivity contribution >= 4 is 0 Å². The molecule has 0 saturated heterocycles. The van der Waals surface area contributed by atoms with Gasteiger partial charge in [0.15, 0.2) is 5.82 Å². The quantitative estimate of drug-likeness (QED) is 0.870. The van der Waals surface area contributed by atoms with Crippen LogP contribution in [-0.4, -0.2) is 26.3 Å². The number of nitrogens with zero attached hydrogens (tertiary/aromatic N) is 4. The summed E-state index contributed by atoms with van der Waals surface area (Å²) in [5.74, 6) is 0.786. The van der Waals surface area contributed by atoms with Gasteiger partial charge in [0.25, 0.3) is 0 Å². The monoisotopic (exact) mass is 271 g/mol. The molecule has 20 heavy (non-hydrogen) atoms. The van der Waals surface area contributed by atoms with Crippen molar-refractivity contribution in [3.8, 4) is 11.4 Å². The first-order valence-corrected chi connectivity index (χ1v) is 7.36. The van der Waals surface area contributed by atoms with Crippen LogP contribution in [0.4, 0.5) is 0 Å². The Morgan fingerprint density at radius 1 is 1.35 bits per heavy atom. The first kappa shape index (κ1) is 13.2. The van der Waals surface area contributed by atoms with Crippen LogP contribution in [0, 0.1) is 0 Å². The lowest BCUT2D eigenvalue weighted by atomic mass is 10.0. The second kappa shape index (κ2) is 5.71. The summed E-state index contributed by atoms with van der Waals surface area (Å²) in [5, 5.41) is 7.74. The normalized spacial score (nSPS) is 18.6. The summed E-state index contributed by atoms with van der Waals surface area (Å²) >= 11 is 0. The number of aromatic nitrogens is 4. The van der Waals surface area contributed by atoms with Crippen molar-refractivity contribution in [3.05, 3.63) is 29.8 Å². The molecule has 106 valence electrons. The Kier molecular flexibility index (Phi) is 3.78. The summed E-state index contributed by atoms with van der Waals surface area (Å²) < 4.78 is 1.78. The van der Waals surface area contributed by atoms with Crippen LogP contribution in [0.5, 0.6) is 0 Å². The van der Waals surface area contributed by atoms with Gasteiger partial charge < -0.3 is 5.32 Å². The molecule has 1 N–H and O–H groups in total. The third kappa shape index (κ3) is 2.58. The maximum absolute atomic E-state index is 4.78. The lowest BCUT2D eigenvalue weighted by Gasteiger charge is -2.17. The van der Waals surface area contributed by atoms with Gasteiger partial charge in [0.05, 0.1) is 11.8 Å². The maximum Gasteiger partial charge on any atom is 0.162 e. The SMILES string of the molecule is CCNC1CCCCc2nc(-c3cnn(C)c3)ncc21. The zero-order valence-corrected chi connectivity index (χ0v) is 12.1. The van der Waals surface area contributed by atoms with E-state index in [1.165, 1.54) is 30.5 Å². The molecule has 0 fully saturated rings. The van der Waals surface area contributed by atoms with Gasteiger partial charge in [0, 0.05) is 36.7 Å². The van der Waals surface area contributed by atoms with E-state index in [2.05, 4.69) is 22.3 Å². The van der Waals surface area contributed by atoms with E-state index < -0.39 is 0 Å². The van der Waals surface area contributed by atoms with Crippen LogP contribution >= 0.6 is 0 Å². The summed E-state index contributed by atoms with van der Waals surface area (Å²) in [6, 6.07) is 0.403. The zero-order chi connectivity index (χ0) is 13.9. The van der Waals surface area contributed by atoms with Gasteiger partial charge in [-0.3, -0.25) is 4.68 Å². The van der Waals surface area contributed by atoms with Gasteiger partial charge >= 0.3 is 0 Å². The molecule has 0 amide bonds. The smallest absolute Gasteiger partial charge is 0.162 e. The lowest BCUT2D eigenvalue weighted by molar-refractivity contribution is 0.502. The highest BCUT2D eigenvalue weighted by molar-refractivity contribution is 5.52. The molecule has 2 aromatic rings. The highest BCUT2D eigenvalue weighted by Gasteiger charge is 2.20. The molecule has 3 rings (SSSR count). The van der Waals surface area contributed by atoms with Crippen molar-refractivity contribution in [2.24, 2.45) is 7.05 Å². The zero-order valence-electron chi connectivity index (χ0n) is 12.1. The van der Waals surface area contributed by atoms with Gasteiger partial charge in [0.1, 0.15) is 0 Å². The molecule has 2 heterocycles. The van der Waals surface area contributed by atoms with Crippen molar-refractivity contribution in [2.75, 3.05) is 6.54 Å². The Labute approximate surface area is 119 Å². The van der Waals surface area contributed by atoms with Gasteiger partial charge in [-0.15, -0.1) is 0 Å². The Morgan fingerprint density at radius 3 is 3.00 bits per heavy atom. The average molecular weight is 271 g/mol.